The van der Waals surface area contributed by atoms with Crippen molar-refractivity contribution in [2.24, 2.45) is 0 Å². The van der Waals surface area contributed by atoms with Gasteiger partial charge in [0.15, 0.2) is 0 Å². The number of hydrogen-bond donors (Lipinski definition) is 0. The summed E-state index contributed by atoms with van der Waals surface area (Å²) in [5.74, 6) is 0. The number of hydrogen-bond acceptors (Lipinski definition) is 0. The third-order valence-corrected chi connectivity index (χ3v) is 2.37. The summed E-state index contributed by atoms with van der Waals surface area (Å²) in [4.78, 5) is 0. The molecule has 1 heterocycles. The summed E-state index contributed by atoms with van der Waals surface area (Å²) in [6.45, 7) is 4.78. The van der Waals surface area contributed by atoms with Crippen molar-refractivity contribution in [2.75, 3.05) is 0 Å². The largest absolute Gasteiger partial charge is 0.350 e. The van der Waals surface area contributed by atoms with Crippen LogP contribution in [0.1, 0.15) is 6.42 Å². The van der Waals surface area contributed by atoms with Crippen molar-refractivity contribution in [3.63, 3.8) is 0 Å². The van der Waals surface area contributed by atoms with Gasteiger partial charge in [0.1, 0.15) is 0 Å². The van der Waals surface area contributed by atoms with Crippen LogP contribution in [0.2, 0.25) is 5.02 Å². The van der Waals surface area contributed by atoms with E-state index in [1.807, 2.05) is 18.2 Å². The summed E-state index contributed by atoms with van der Waals surface area (Å²) in [5, 5.41) is 2.02. The van der Waals surface area contributed by atoms with Gasteiger partial charge in [-0.15, -0.1) is 0 Å². The summed E-state index contributed by atoms with van der Waals surface area (Å²) in [6, 6.07) is 8.05. The van der Waals surface area contributed by atoms with E-state index in [0.717, 1.165) is 18.0 Å². The predicted molar refractivity (Wildman–Crippen MR) is 56.9 cm³/mol. The standard InChI is InChI=1S/C11H11ClN.Co/c1-2-6-13-7-5-9-3-4-10(12)8-11(9)13;/h3-5,7-8H,1-2,6H2;/q-1;. The molecule has 3 heteroatoms. The Morgan fingerprint density at radius 3 is 2.79 bits per heavy atom. The Morgan fingerprint density at radius 1 is 1.29 bits per heavy atom. The number of halogens is 1. The molecule has 0 saturated heterocycles. The average Bonchev–Trinajstić information content (AvgIpc) is 2.49. The summed E-state index contributed by atoms with van der Waals surface area (Å²) >= 11 is 5.92. The molecule has 0 unspecified atom stereocenters. The fourth-order valence-corrected chi connectivity index (χ4v) is 1.69. The Labute approximate surface area is 99.3 Å². The van der Waals surface area contributed by atoms with Crippen molar-refractivity contribution < 1.29 is 16.8 Å². The Morgan fingerprint density at radius 2 is 2.07 bits per heavy atom. The molecule has 0 fully saturated rings. The fourth-order valence-electron chi connectivity index (χ4n) is 1.52. The van der Waals surface area contributed by atoms with Crippen LogP contribution in [0.25, 0.3) is 10.9 Å². The molecule has 0 aliphatic carbocycles. The van der Waals surface area contributed by atoms with E-state index in [4.69, 9.17) is 11.6 Å². The topological polar surface area (TPSA) is 4.93 Å². The van der Waals surface area contributed by atoms with Crippen LogP contribution in [0.15, 0.2) is 30.5 Å². The first-order valence-corrected chi connectivity index (χ1v) is 4.73. The molecule has 0 bridgehead atoms. The number of aryl methyl sites for hydroxylation is 1. The quantitative estimate of drug-likeness (QED) is 0.720. The molecule has 2 aromatic rings. The van der Waals surface area contributed by atoms with Crippen LogP contribution in [0.4, 0.5) is 0 Å². The molecule has 2 rings (SSSR count). The van der Waals surface area contributed by atoms with E-state index < -0.39 is 0 Å². The molecule has 0 amide bonds. The Kier molecular flexibility index (Phi) is 4.05. The first-order valence-electron chi connectivity index (χ1n) is 4.35. The number of aromatic nitrogens is 1. The van der Waals surface area contributed by atoms with Crippen LogP contribution in [0, 0.1) is 6.92 Å². The maximum Gasteiger partial charge on any atom is 0.0494 e. The third kappa shape index (κ3) is 2.14. The predicted octanol–water partition coefficient (Wildman–Crippen LogP) is 3.52. The monoisotopic (exact) mass is 251 g/mol. The number of rotatable bonds is 2. The Hall–Kier alpha value is -0.444. The molecule has 1 aromatic heterocycles. The molecule has 0 N–H and O–H groups in total. The Bertz CT molecular complexity index is 422. The van der Waals surface area contributed by atoms with Crippen molar-refractivity contribution in [3.05, 3.63) is 42.4 Å². The van der Waals surface area contributed by atoms with Crippen LogP contribution in [0.3, 0.4) is 0 Å². The van der Waals surface area contributed by atoms with E-state index in [2.05, 4.69) is 23.8 Å². The van der Waals surface area contributed by atoms with E-state index in [1.54, 1.807) is 0 Å². The van der Waals surface area contributed by atoms with E-state index in [9.17, 15) is 0 Å². The van der Waals surface area contributed by atoms with Gasteiger partial charge >= 0.3 is 0 Å². The van der Waals surface area contributed by atoms with Crippen LogP contribution >= 0.6 is 11.6 Å². The number of benzene rings is 1. The minimum Gasteiger partial charge on any atom is -0.350 e. The summed E-state index contributed by atoms with van der Waals surface area (Å²) in [7, 11) is 0. The normalized spacial score (nSPS) is 10.1. The molecule has 14 heavy (non-hydrogen) atoms. The summed E-state index contributed by atoms with van der Waals surface area (Å²) in [6.07, 6.45) is 2.97. The molecule has 0 aliphatic rings. The van der Waals surface area contributed by atoms with E-state index in [1.165, 1.54) is 10.9 Å². The van der Waals surface area contributed by atoms with Crippen molar-refractivity contribution >= 4 is 22.5 Å². The van der Waals surface area contributed by atoms with Crippen LogP contribution in [-0.4, -0.2) is 4.57 Å². The van der Waals surface area contributed by atoms with Crippen LogP contribution in [0.5, 0.6) is 0 Å². The van der Waals surface area contributed by atoms with Crippen LogP contribution in [-0.2, 0) is 23.3 Å². The number of fused-ring (bicyclic) bond motifs is 1. The SMILES string of the molecule is [CH2-]CCn1ccc2ccc(Cl)cc21.[Co]. The van der Waals surface area contributed by atoms with Gasteiger partial charge in [-0.3, -0.25) is 0 Å². The average molecular weight is 252 g/mol. The van der Waals surface area contributed by atoms with Gasteiger partial charge in [-0.05, 0) is 30.1 Å². The second kappa shape index (κ2) is 4.87. The molecular formula is C11H11ClCoN-. The molecular weight excluding hydrogens is 241 g/mol. The first-order chi connectivity index (χ1) is 6.31. The first kappa shape index (κ1) is 11.6. The van der Waals surface area contributed by atoms with Gasteiger partial charge in [-0.2, -0.15) is 6.42 Å². The van der Waals surface area contributed by atoms with E-state index in [0.29, 0.717) is 0 Å². The smallest absolute Gasteiger partial charge is 0.0494 e. The van der Waals surface area contributed by atoms with Gasteiger partial charge < -0.3 is 11.5 Å². The van der Waals surface area contributed by atoms with Crippen molar-refractivity contribution in [1.29, 1.82) is 0 Å². The van der Waals surface area contributed by atoms with Gasteiger partial charge in [-0.25, -0.2) is 0 Å². The minimum atomic E-state index is 0. The zero-order chi connectivity index (χ0) is 9.26. The zero-order valence-electron chi connectivity index (χ0n) is 7.67. The van der Waals surface area contributed by atoms with Gasteiger partial charge in [0, 0.05) is 33.5 Å². The van der Waals surface area contributed by atoms with Gasteiger partial charge in [0.05, 0.1) is 0 Å². The van der Waals surface area contributed by atoms with Gasteiger partial charge in [0.25, 0.3) is 0 Å². The third-order valence-electron chi connectivity index (χ3n) is 2.13. The second-order valence-electron chi connectivity index (χ2n) is 3.07. The van der Waals surface area contributed by atoms with E-state index >= 15 is 0 Å². The molecule has 0 spiro atoms. The van der Waals surface area contributed by atoms with Gasteiger partial charge in [0.2, 0.25) is 0 Å². The molecule has 1 aromatic carbocycles. The minimum absolute atomic E-state index is 0. The van der Waals surface area contributed by atoms with E-state index in [-0.39, 0.29) is 16.8 Å². The van der Waals surface area contributed by atoms with Crippen molar-refractivity contribution in [2.45, 2.75) is 13.0 Å². The Balaban J connectivity index is 0.000000980. The molecule has 0 atom stereocenters. The van der Waals surface area contributed by atoms with Crippen LogP contribution < -0.4 is 0 Å². The molecule has 0 saturated carbocycles. The maximum atomic E-state index is 5.92. The maximum absolute atomic E-state index is 5.92. The fraction of sp³-hybridized carbons (Fsp3) is 0.182. The second-order valence-corrected chi connectivity index (χ2v) is 3.50. The van der Waals surface area contributed by atoms with Crippen molar-refractivity contribution in [1.82, 2.24) is 4.57 Å². The zero-order valence-corrected chi connectivity index (χ0v) is 9.46. The van der Waals surface area contributed by atoms with Gasteiger partial charge in [-0.1, -0.05) is 17.7 Å². The van der Waals surface area contributed by atoms with Crippen molar-refractivity contribution in [3.8, 4) is 0 Å². The molecule has 77 valence electrons. The molecule has 1 nitrogen and oxygen atoms in total. The number of nitrogens with zero attached hydrogens (tertiary/aromatic N) is 1. The molecule has 1 radical (unpaired) electrons. The summed E-state index contributed by atoms with van der Waals surface area (Å²) < 4.78 is 2.17. The molecule has 0 aliphatic heterocycles. The summed E-state index contributed by atoms with van der Waals surface area (Å²) in [5.41, 5.74) is 1.19.